The smallest absolute Gasteiger partial charge is 0.275 e. The van der Waals surface area contributed by atoms with Crippen LogP contribution in [-0.4, -0.2) is 33.1 Å². The summed E-state index contributed by atoms with van der Waals surface area (Å²) in [6.07, 6.45) is 0. The number of nitrogens with one attached hydrogen (secondary N) is 2. The SMILES string of the molecule is CC[NH+](CC(=O)N[C@H](C)c1cc2ccccc2o1)Cc1ccc(N(C)C)cc1. The van der Waals surface area contributed by atoms with Gasteiger partial charge in [0.25, 0.3) is 5.91 Å². The van der Waals surface area contributed by atoms with E-state index < -0.39 is 0 Å². The number of nitrogens with zero attached hydrogens (tertiary/aromatic N) is 1. The van der Waals surface area contributed by atoms with Crippen molar-refractivity contribution in [3.63, 3.8) is 0 Å². The van der Waals surface area contributed by atoms with Gasteiger partial charge in [0.15, 0.2) is 6.54 Å². The number of hydrogen-bond acceptors (Lipinski definition) is 3. The molecule has 0 bridgehead atoms. The van der Waals surface area contributed by atoms with Crippen LogP contribution >= 0.6 is 0 Å². The Labute approximate surface area is 166 Å². The van der Waals surface area contributed by atoms with Gasteiger partial charge >= 0.3 is 0 Å². The highest BCUT2D eigenvalue weighted by Gasteiger charge is 2.18. The highest BCUT2D eigenvalue weighted by Crippen LogP contribution is 2.23. The number of fused-ring (bicyclic) bond motifs is 1. The molecule has 3 aromatic rings. The zero-order valence-electron chi connectivity index (χ0n) is 17.2. The molecule has 5 nitrogen and oxygen atoms in total. The molecule has 28 heavy (non-hydrogen) atoms. The monoisotopic (exact) mass is 380 g/mol. The molecule has 0 fully saturated rings. The summed E-state index contributed by atoms with van der Waals surface area (Å²) in [4.78, 5) is 15.9. The van der Waals surface area contributed by atoms with E-state index >= 15 is 0 Å². The van der Waals surface area contributed by atoms with Crippen molar-refractivity contribution in [2.75, 3.05) is 32.1 Å². The molecule has 1 amide bonds. The second kappa shape index (κ2) is 8.93. The lowest BCUT2D eigenvalue weighted by atomic mass is 10.2. The largest absolute Gasteiger partial charge is 0.459 e. The Bertz CT molecular complexity index is 882. The molecule has 1 unspecified atom stereocenters. The maximum Gasteiger partial charge on any atom is 0.275 e. The molecular formula is C23H30N3O2+. The van der Waals surface area contributed by atoms with Crippen molar-refractivity contribution in [1.29, 1.82) is 0 Å². The first kappa shape index (κ1) is 20.0. The number of carbonyl (C=O) groups is 1. The summed E-state index contributed by atoms with van der Waals surface area (Å²) >= 11 is 0. The minimum atomic E-state index is -0.155. The Balaban J connectivity index is 1.57. The molecule has 148 valence electrons. The van der Waals surface area contributed by atoms with Crippen molar-refractivity contribution >= 4 is 22.6 Å². The molecule has 1 heterocycles. The third-order valence-electron chi connectivity index (χ3n) is 5.07. The number of furan rings is 1. The van der Waals surface area contributed by atoms with Crippen LogP contribution in [0.1, 0.15) is 31.2 Å². The molecule has 0 radical (unpaired) electrons. The molecule has 0 aliphatic carbocycles. The van der Waals surface area contributed by atoms with Crippen LogP contribution in [-0.2, 0) is 11.3 Å². The van der Waals surface area contributed by atoms with Gasteiger partial charge in [-0.3, -0.25) is 4.79 Å². The van der Waals surface area contributed by atoms with Crippen molar-refractivity contribution in [1.82, 2.24) is 5.32 Å². The first-order valence-electron chi connectivity index (χ1n) is 9.84. The van der Waals surface area contributed by atoms with Crippen LogP contribution in [0.25, 0.3) is 11.0 Å². The lowest BCUT2D eigenvalue weighted by Crippen LogP contribution is -3.11. The molecule has 0 saturated heterocycles. The molecule has 0 spiro atoms. The predicted octanol–water partition coefficient (Wildman–Crippen LogP) is 2.78. The Morgan fingerprint density at radius 2 is 1.86 bits per heavy atom. The number of hydrogen-bond donors (Lipinski definition) is 2. The van der Waals surface area contributed by atoms with Gasteiger partial charge in [0.1, 0.15) is 17.9 Å². The molecule has 0 aliphatic rings. The molecule has 0 saturated carbocycles. The third kappa shape index (κ3) is 4.93. The van der Waals surface area contributed by atoms with Crippen LogP contribution in [0.5, 0.6) is 0 Å². The third-order valence-corrected chi connectivity index (χ3v) is 5.07. The molecule has 2 aromatic carbocycles. The molecular weight excluding hydrogens is 350 g/mol. The normalized spacial score (nSPS) is 13.3. The summed E-state index contributed by atoms with van der Waals surface area (Å²) < 4.78 is 5.86. The minimum absolute atomic E-state index is 0.0368. The second-order valence-corrected chi connectivity index (χ2v) is 7.49. The Morgan fingerprint density at radius 1 is 1.14 bits per heavy atom. The number of anilines is 1. The van der Waals surface area contributed by atoms with E-state index in [0.717, 1.165) is 29.8 Å². The van der Waals surface area contributed by atoms with Crippen molar-refractivity contribution in [2.45, 2.75) is 26.4 Å². The van der Waals surface area contributed by atoms with Gasteiger partial charge in [-0.25, -0.2) is 0 Å². The molecule has 3 rings (SSSR count). The van der Waals surface area contributed by atoms with Crippen LogP contribution in [0.3, 0.4) is 0 Å². The topological polar surface area (TPSA) is 49.9 Å². The molecule has 5 heteroatoms. The quantitative estimate of drug-likeness (QED) is 0.632. The van der Waals surface area contributed by atoms with Crippen LogP contribution in [0, 0.1) is 0 Å². The predicted molar refractivity (Wildman–Crippen MR) is 114 cm³/mol. The Hall–Kier alpha value is -2.79. The van der Waals surface area contributed by atoms with E-state index in [-0.39, 0.29) is 11.9 Å². The fraction of sp³-hybridized carbons (Fsp3) is 0.348. The maximum absolute atomic E-state index is 12.6. The zero-order chi connectivity index (χ0) is 20.1. The van der Waals surface area contributed by atoms with E-state index in [1.807, 2.05) is 51.4 Å². The lowest BCUT2D eigenvalue weighted by Gasteiger charge is -2.19. The molecule has 2 atom stereocenters. The summed E-state index contributed by atoms with van der Waals surface area (Å²) in [5, 5.41) is 4.13. The fourth-order valence-corrected chi connectivity index (χ4v) is 3.32. The first-order valence-corrected chi connectivity index (χ1v) is 9.84. The van der Waals surface area contributed by atoms with Gasteiger partial charge in [-0.15, -0.1) is 0 Å². The highest BCUT2D eigenvalue weighted by atomic mass is 16.3. The number of amides is 1. The average Bonchev–Trinajstić information content (AvgIpc) is 3.12. The second-order valence-electron chi connectivity index (χ2n) is 7.49. The summed E-state index contributed by atoms with van der Waals surface area (Å²) in [5.41, 5.74) is 3.26. The van der Waals surface area contributed by atoms with E-state index in [2.05, 4.69) is 41.4 Å². The molecule has 2 N–H and O–H groups in total. The minimum Gasteiger partial charge on any atom is -0.459 e. The van der Waals surface area contributed by atoms with Gasteiger partial charge in [-0.05, 0) is 38.1 Å². The number of rotatable bonds is 8. The summed E-state index contributed by atoms with van der Waals surface area (Å²) in [6, 6.07) is 18.2. The van der Waals surface area contributed by atoms with Crippen molar-refractivity contribution in [3.05, 3.63) is 65.9 Å². The Morgan fingerprint density at radius 3 is 2.50 bits per heavy atom. The lowest BCUT2D eigenvalue weighted by molar-refractivity contribution is -0.904. The Kier molecular flexibility index (Phi) is 6.37. The highest BCUT2D eigenvalue weighted by molar-refractivity contribution is 5.79. The standard InChI is InChI=1S/C23H29N3O2/c1-5-26(15-18-10-12-20(13-11-18)25(3)4)16-23(27)24-17(2)22-14-19-8-6-7-9-21(19)28-22/h6-14,17H,5,15-16H2,1-4H3,(H,24,27)/p+1/t17-/m1/s1. The summed E-state index contributed by atoms with van der Waals surface area (Å²) in [5.74, 6) is 0.821. The van der Waals surface area contributed by atoms with Gasteiger partial charge in [-0.2, -0.15) is 0 Å². The van der Waals surface area contributed by atoms with Crippen LogP contribution in [0.2, 0.25) is 0 Å². The van der Waals surface area contributed by atoms with Crippen LogP contribution in [0.15, 0.2) is 59.0 Å². The van der Waals surface area contributed by atoms with Crippen molar-refractivity contribution in [3.8, 4) is 0 Å². The van der Waals surface area contributed by atoms with Gasteiger partial charge in [-0.1, -0.05) is 30.3 Å². The van der Waals surface area contributed by atoms with Crippen LogP contribution in [0.4, 0.5) is 5.69 Å². The van der Waals surface area contributed by atoms with E-state index in [9.17, 15) is 4.79 Å². The van der Waals surface area contributed by atoms with E-state index in [4.69, 9.17) is 4.42 Å². The van der Waals surface area contributed by atoms with Crippen molar-refractivity contribution < 1.29 is 14.1 Å². The summed E-state index contributed by atoms with van der Waals surface area (Å²) in [6.45, 7) is 6.23. The maximum atomic E-state index is 12.6. The molecule has 0 aliphatic heterocycles. The summed E-state index contributed by atoms with van der Waals surface area (Å²) in [7, 11) is 4.07. The molecule has 1 aromatic heterocycles. The van der Waals surface area contributed by atoms with Gasteiger partial charge in [0.2, 0.25) is 0 Å². The van der Waals surface area contributed by atoms with Crippen LogP contribution < -0.4 is 15.1 Å². The zero-order valence-corrected chi connectivity index (χ0v) is 17.2. The van der Waals surface area contributed by atoms with E-state index in [1.54, 1.807) is 0 Å². The van der Waals surface area contributed by atoms with E-state index in [1.165, 1.54) is 16.2 Å². The first-order chi connectivity index (χ1) is 13.5. The number of carbonyl (C=O) groups excluding carboxylic acids is 1. The number of likely N-dealkylation sites (N-methyl/N-ethyl adjacent to an activating group) is 1. The fourth-order valence-electron chi connectivity index (χ4n) is 3.32. The van der Waals surface area contributed by atoms with Gasteiger partial charge in [0.05, 0.1) is 12.6 Å². The van der Waals surface area contributed by atoms with Gasteiger partial charge in [0, 0.05) is 30.7 Å². The van der Waals surface area contributed by atoms with E-state index in [0.29, 0.717) is 6.54 Å². The number of quaternary nitrogens is 1. The van der Waals surface area contributed by atoms with Gasteiger partial charge < -0.3 is 19.5 Å². The number of para-hydroxylation sites is 1. The van der Waals surface area contributed by atoms with Crippen molar-refractivity contribution in [2.24, 2.45) is 0 Å². The average molecular weight is 381 g/mol. The number of benzene rings is 2.